The van der Waals surface area contributed by atoms with Gasteiger partial charge in [0.25, 0.3) is 0 Å². The smallest absolute Gasteiger partial charge is 0.147 e. The molecule has 0 aliphatic rings. The Morgan fingerprint density at radius 2 is 1.84 bits per heavy atom. The molecule has 0 aliphatic heterocycles. The third-order valence-corrected chi connectivity index (χ3v) is 3.78. The van der Waals surface area contributed by atoms with Crippen LogP contribution in [0, 0.1) is 0 Å². The topological polar surface area (TPSA) is 41.5 Å². The Labute approximate surface area is 132 Å². The minimum Gasteiger partial charge on any atom is -0.491 e. The lowest BCUT2D eigenvalue weighted by molar-refractivity contribution is 0.0551. The molecule has 2 N–H and O–H groups in total. The van der Waals surface area contributed by atoms with E-state index in [0.717, 1.165) is 27.8 Å². The van der Waals surface area contributed by atoms with E-state index in [0.29, 0.717) is 13.0 Å². The quantitative estimate of drug-likeness (QED) is 0.737. The van der Waals surface area contributed by atoms with Gasteiger partial charge in [0, 0.05) is 13.0 Å². The molecule has 0 heterocycles. The molecule has 0 radical (unpaired) electrons. The van der Waals surface area contributed by atoms with Crippen LogP contribution in [0.4, 0.5) is 0 Å². The zero-order chi connectivity index (χ0) is 14.5. The Morgan fingerprint density at radius 1 is 1.26 bits per heavy atom. The Morgan fingerprint density at radius 3 is 2.32 bits per heavy atom. The Hall–Kier alpha value is -0.100. The van der Waals surface area contributed by atoms with Crippen LogP contribution >= 0.6 is 31.9 Å². The van der Waals surface area contributed by atoms with Crippen molar-refractivity contribution in [2.45, 2.75) is 39.3 Å². The number of rotatable bonds is 7. The number of hydrogen-bond acceptors (Lipinski definition) is 3. The highest BCUT2D eigenvalue weighted by atomic mass is 79.9. The fraction of sp³-hybridized carbons (Fsp3) is 0.571. The Kier molecular flexibility index (Phi) is 6.80. The lowest BCUT2D eigenvalue weighted by atomic mass is 10.1. The summed E-state index contributed by atoms with van der Waals surface area (Å²) < 4.78 is 7.57. The van der Waals surface area contributed by atoms with Crippen molar-refractivity contribution in [3.8, 4) is 5.75 Å². The van der Waals surface area contributed by atoms with Crippen LogP contribution in [0.2, 0.25) is 0 Å². The van der Waals surface area contributed by atoms with Crippen molar-refractivity contribution in [1.82, 2.24) is 5.32 Å². The van der Waals surface area contributed by atoms with E-state index in [1.54, 1.807) is 13.8 Å². The third kappa shape index (κ3) is 6.25. The molecule has 1 rings (SSSR count). The highest BCUT2D eigenvalue weighted by Gasteiger charge is 2.14. The van der Waals surface area contributed by atoms with E-state index in [9.17, 15) is 5.11 Å². The second-order valence-electron chi connectivity index (χ2n) is 5.08. The van der Waals surface area contributed by atoms with Gasteiger partial charge in [-0.1, -0.05) is 6.92 Å². The van der Waals surface area contributed by atoms with Gasteiger partial charge >= 0.3 is 0 Å². The molecular weight excluding hydrogens is 374 g/mol. The SMILES string of the molecule is CCNCc1cc(Br)c(OCCC(C)(C)O)c(Br)c1. The largest absolute Gasteiger partial charge is 0.491 e. The highest BCUT2D eigenvalue weighted by Crippen LogP contribution is 2.35. The van der Waals surface area contributed by atoms with E-state index in [4.69, 9.17) is 4.74 Å². The maximum absolute atomic E-state index is 9.66. The van der Waals surface area contributed by atoms with Gasteiger partial charge in [-0.25, -0.2) is 0 Å². The first-order chi connectivity index (χ1) is 8.83. The lowest BCUT2D eigenvalue weighted by Gasteiger charge is -2.18. The van der Waals surface area contributed by atoms with Crippen LogP contribution in [0.3, 0.4) is 0 Å². The summed E-state index contributed by atoms with van der Waals surface area (Å²) in [5, 5.41) is 12.9. The maximum Gasteiger partial charge on any atom is 0.147 e. The minimum absolute atomic E-state index is 0.479. The molecule has 0 aliphatic carbocycles. The predicted octanol–water partition coefficient (Wildman–Crippen LogP) is 3.86. The molecule has 0 bridgehead atoms. The van der Waals surface area contributed by atoms with Gasteiger partial charge in [0.2, 0.25) is 0 Å². The molecule has 0 spiro atoms. The van der Waals surface area contributed by atoms with Crippen molar-refractivity contribution in [2.24, 2.45) is 0 Å². The first kappa shape index (κ1) is 17.0. The van der Waals surface area contributed by atoms with Crippen LogP contribution in [-0.2, 0) is 6.54 Å². The number of halogens is 2. The fourth-order valence-electron chi connectivity index (χ4n) is 1.52. The second-order valence-corrected chi connectivity index (χ2v) is 6.79. The molecule has 0 amide bonds. The Balaban J connectivity index is 2.69. The van der Waals surface area contributed by atoms with Crippen molar-refractivity contribution in [3.63, 3.8) is 0 Å². The summed E-state index contributed by atoms with van der Waals surface area (Å²) in [6, 6.07) is 4.10. The molecule has 1 aromatic rings. The van der Waals surface area contributed by atoms with Crippen molar-refractivity contribution in [1.29, 1.82) is 0 Å². The molecule has 0 saturated heterocycles. The Bertz CT molecular complexity index is 393. The van der Waals surface area contributed by atoms with Crippen molar-refractivity contribution < 1.29 is 9.84 Å². The second kappa shape index (κ2) is 7.62. The number of aliphatic hydroxyl groups is 1. The standard InChI is InChI=1S/C14H21Br2NO2/c1-4-17-9-10-7-11(15)13(12(16)8-10)19-6-5-14(2,3)18/h7-8,17-18H,4-6,9H2,1-3H3. The molecule has 108 valence electrons. The van der Waals surface area contributed by atoms with Crippen LogP contribution in [0.5, 0.6) is 5.75 Å². The molecule has 0 atom stereocenters. The first-order valence-electron chi connectivity index (χ1n) is 6.37. The van der Waals surface area contributed by atoms with E-state index in [1.807, 2.05) is 12.1 Å². The summed E-state index contributed by atoms with van der Waals surface area (Å²) in [7, 11) is 0. The summed E-state index contributed by atoms with van der Waals surface area (Å²) >= 11 is 7.05. The maximum atomic E-state index is 9.66. The lowest BCUT2D eigenvalue weighted by Crippen LogP contribution is -2.22. The van der Waals surface area contributed by atoms with E-state index < -0.39 is 5.60 Å². The molecule has 5 heteroatoms. The van der Waals surface area contributed by atoms with Gasteiger partial charge in [0.1, 0.15) is 5.75 Å². The zero-order valence-corrected chi connectivity index (χ0v) is 14.8. The molecule has 1 aromatic carbocycles. The van der Waals surface area contributed by atoms with E-state index in [-0.39, 0.29) is 0 Å². The monoisotopic (exact) mass is 393 g/mol. The van der Waals surface area contributed by atoms with Crippen LogP contribution in [-0.4, -0.2) is 23.9 Å². The van der Waals surface area contributed by atoms with Crippen LogP contribution < -0.4 is 10.1 Å². The van der Waals surface area contributed by atoms with Crippen molar-refractivity contribution in [3.05, 3.63) is 26.6 Å². The van der Waals surface area contributed by atoms with Crippen LogP contribution in [0.25, 0.3) is 0 Å². The fourth-order valence-corrected chi connectivity index (χ4v) is 3.03. The summed E-state index contributed by atoms with van der Waals surface area (Å²) in [5.41, 5.74) is 0.486. The third-order valence-electron chi connectivity index (χ3n) is 2.60. The normalized spacial score (nSPS) is 11.7. The molecule has 0 aromatic heterocycles. The number of hydrogen-bond donors (Lipinski definition) is 2. The van der Waals surface area contributed by atoms with Gasteiger partial charge < -0.3 is 15.2 Å². The van der Waals surface area contributed by atoms with Gasteiger partial charge in [0.05, 0.1) is 21.2 Å². The summed E-state index contributed by atoms with van der Waals surface area (Å²) in [4.78, 5) is 0. The summed E-state index contributed by atoms with van der Waals surface area (Å²) in [6.45, 7) is 7.89. The van der Waals surface area contributed by atoms with Gasteiger partial charge in [-0.15, -0.1) is 0 Å². The molecule has 0 unspecified atom stereocenters. The van der Waals surface area contributed by atoms with Crippen molar-refractivity contribution >= 4 is 31.9 Å². The predicted molar refractivity (Wildman–Crippen MR) is 85.6 cm³/mol. The van der Waals surface area contributed by atoms with E-state index in [2.05, 4.69) is 44.1 Å². The molecular formula is C14H21Br2NO2. The molecule has 19 heavy (non-hydrogen) atoms. The van der Waals surface area contributed by atoms with Gasteiger partial charge in [-0.3, -0.25) is 0 Å². The average molecular weight is 395 g/mol. The highest BCUT2D eigenvalue weighted by molar-refractivity contribution is 9.11. The zero-order valence-electron chi connectivity index (χ0n) is 11.6. The van der Waals surface area contributed by atoms with E-state index >= 15 is 0 Å². The number of ether oxygens (including phenoxy) is 1. The number of nitrogens with one attached hydrogen (secondary N) is 1. The number of benzene rings is 1. The minimum atomic E-state index is -0.704. The molecule has 3 nitrogen and oxygen atoms in total. The van der Waals surface area contributed by atoms with Crippen LogP contribution in [0.1, 0.15) is 32.8 Å². The summed E-state index contributed by atoms with van der Waals surface area (Å²) in [6.07, 6.45) is 0.588. The first-order valence-corrected chi connectivity index (χ1v) is 7.96. The van der Waals surface area contributed by atoms with Crippen molar-refractivity contribution in [2.75, 3.05) is 13.2 Å². The molecule has 0 saturated carbocycles. The van der Waals surface area contributed by atoms with Crippen LogP contribution in [0.15, 0.2) is 21.1 Å². The van der Waals surface area contributed by atoms with Gasteiger partial charge in [-0.05, 0) is 69.9 Å². The van der Waals surface area contributed by atoms with Gasteiger partial charge in [-0.2, -0.15) is 0 Å². The van der Waals surface area contributed by atoms with Gasteiger partial charge in [0.15, 0.2) is 0 Å². The molecule has 0 fully saturated rings. The van der Waals surface area contributed by atoms with E-state index in [1.165, 1.54) is 5.56 Å². The average Bonchev–Trinajstić information content (AvgIpc) is 2.28. The summed E-state index contributed by atoms with van der Waals surface area (Å²) in [5.74, 6) is 0.782.